The highest BCUT2D eigenvalue weighted by atomic mass is 35.5. The number of hydrogen-bond donors (Lipinski definition) is 3. The van der Waals surface area contributed by atoms with Gasteiger partial charge in [0.2, 0.25) is 0 Å². The van der Waals surface area contributed by atoms with E-state index < -0.39 is 16.7 Å². The van der Waals surface area contributed by atoms with Crippen LogP contribution in [0.25, 0.3) is 0 Å². The number of aromatic hydroxyl groups is 1. The summed E-state index contributed by atoms with van der Waals surface area (Å²) in [6, 6.07) is 1.57. The molecular weight excluding hydrogens is 236 g/mol. The summed E-state index contributed by atoms with van der Waals surface area (Å²) in [4.78, 5) is 10.1. The highest BCUT2D eigenvalue weighted by molar-refractivity contribution is 6.32. The average Bonchev–Trinajstić information content (AvgIpc) is 2.21. The van der Waals surface area contributed by atoms with Gasteiger partial charge in [-0.1, -0.05) is 11.6 Å². The quantitative estimate of drug-likeness (QED) is 0.548. The van der Waals surface area contributed by atoms with Gasteiger partial charge in [-0.3, -0.25) is 10.1 Å². The number of hydrogen-bond acceptors (Lipinski definition) is 5. The third-order valence-corrected chi connectivity index (χ3v) is 2.46. The Morgan fingerprint density at radius 2 is 2.19 bits per heavy atom. The molecule has 0 heterocycles. The predicted octanol–water partition coefficient (Wildman–Crippen LogP) is 1.34. The van der Waals surface area contributed by atoms with Crippen molar-refractivity contribution in [1.82, 2.24) is 0 Å². The average molecular weight is 247 g/mol. The van der Waals surface area contributed by atoms with E-state index in [4.69, 9.17) is 22.4 Å². The third-order valence-electron chi connectivity index (χ3n) is 2.15. The van der Waals surface area contributed by atoms with Gasteiger partial charge in [-0.2, -0.15) is 0 Å². The second-order valence-corrected chi connectivity index (χ2v) is 3.61. The topological polar surface area (TPSA) is 110 Å². The fourth-order valence-corrected chi connectivity index (χ4v) is 1.54. The molecule has 1 aromatic carbocycles. The lowest BCUT2D eigenvalue weighted by molar-refractivity contribution is -0.385. The summed E-state index contributed by atoms with van der Waals surface area (Å²) in [5.41, 5.74) is 5.28. The lowest BCUT2D eigenvalue weighted by Crippen LogP contribution is -2.14. The van der Waals surface area contributed by atoms with Crippen molar-refractivity contribution in [2.24, 2.45) is 5.73 Å². The van der Waals surface area contributed by atoms with Gasteiger partial charge in [-0.15, -0.1) is 0 Å². The number of rotatable bonds is 4. The standard InChI is InChI=1S/C9H11ClN2O4/c10-5-1-2-7(12(15)16)8(9(5)14)6(11)3-4-13/h1-2,6,13-14H,3-4,11H2/t6-/m0/s1. The maximum Gasteiger partial charge on any atom is 0.277 e. The molecule has 88 valence electrons. The molecule has 0 aliphatic rings. The fraction of sp³-hybridized carbons (Fsp3) is 0.333. The SMILES string of the molecule is N[C@@H](CCO)c1c([N+](=O)[O-])ccc(Cl)c1O. The molecule has 4 N–H and O–H groups in total. The molecule has 0 unspecified atom stereocenters. The van der Waals surface area contributed by atoms with E-state index in [1.807, 2.05) is 0 Å². The Bertz CT molecular complexity index is 411. The highest BCUT2D eigenvalue weighted by Crippen LogP contribution is 2.38. The van der Waals surface area contributed by atoms with Crippen LogP contribution in [-0.2, 0) is 0 Å². The molecule has 1 rings (SSSR count). The molecule has 0 saturated heterocycles. The number of aliphatic hydroxyl groups is 1. The summed E-state index contributed by atoms with van der Waals surface area (Å²) < 4.78 is 0. The van der Waals surface area contributed by atoms with Gasteiger partial charge in [0.15, 0.2) is 0 Å². The van der Waals surface area contributed by atoms with Crippen LogP contribution in [0.4, 0.5) is 5.69 Å². The second-order valence-electron chi connectivity index (χ2n) is 3.20. The first kappa shape index (κ1) is 12.7. The van der Waals surface area contributed by atoms with Crippen LogP contribution in [0.3, 0.4) is 0 Å². The smallest absolute Gasteiger partial charge is 0.277 e. The lowest BCUT2D eigenvalue weighted by Gasteiger charge is -2.13. The van der Waals surface area contributed by atoms with Crippen molar-refractivity contribution < 1.29 is 15.1 Å². The zero-order valence-corrected chi connectivity index (χ0v) is 9.02. The van der Waals surface area contributed by atoms with Gasteiger partial charge in [0, 0.05) is 18.7 Å². The Balaban J connectivity index is 3.31. The minimum Gasteiger partial charge on any atom is -0.506 e. The molecule has 7 heteroatoms. The number of phenols is 1. The first-order chi connectivity index (χ1) is 7.49. The van der Waals surface area contributed by atoms with Gasteiger partial charge in [-0.05, 0) is 12.5 Å². The number of benzene rings is 1. The summed E-state index contributed by atoms with van der Waals surface area (Å²) in [7, 11) is 0. The van der Waals surface area contributed by atoms with E-state index in [1.54, 1.807) is 0 Å². The Kier molecular flexibility index (Phi) is 4.05. The first-order valence-corrected chi connectivity index (χ1v) is 4.89. The van der Waals surface area contributed by atoms with Gasteiger partial charge < -0.3 is 15.9 Å². The van der Waals surface area contributed by atoms with E-state index >= 15 is 0 Å². The van der Waals surface area contributed by atoms with Crippen LogP contribution in [0.1, 0.15) is 18.0 Å². The van der Waals surface area contributed by atoms with Crippen LogP contribution in [-0.4, -0.2) is 21.7 Å². The van der Waals surface area contributed by atoms with E-state index in [2.05, 4.69) is 0 Å². The molecule has 0 aliphatic carbocycles. The summed E-state index contributed by atoms with van der Waals surface area (Å²) in [6.45, 7) is -0.232. The Labute approximate surface area is 96.4 Å². The molecule has 0 amide bonds. The van der Waals surface area contributed by atoms with Crippen LogP contribution in [0.2, 0.25) is 5.02 Å². The Morgan fingerprint density at radius 3 is 2.69 bits per heavy atom. The molecule has 1 aromatic rings. The van der Waals surface area contributed by atoms with Gasteiger partial charge >= 0.3 is 0 Å². The molecule has 0 saturated carbocycles. The number of nitrogens with zero attached hydrogens (tertiary/aromatic N) is 1. The molecule has 0 fully saturated rings. The molecule has 0 aromatic heterocycles. The van der Waals surface area contributed by atoms with Crippen LogP contribution < -0.4 is 5.73 Å². The maximum atomic E-state index is 10.7. The summed E-state index contributed by atoms with van der Waals surface area (Å²) in [5.74, 6) is -0.406. The van der Waals surface area contributed by atoms with Crippen molar-refractivity contribution in [2.75, 3.05) is 6.61 Å². The summed E-state index contributed by atoms with van der Waals surface area (Å²) in [5, 5.41) is 29.1. The van der Waals surface area contributed by atoms with Gasteiger partial charge in [0.25, 0.3) is 5.69 Å². The number of nitro groups is 1. The van der Waals surface area contributed by atoms with Crippen molar-refractivity contribution in [3.05, 3.63) is 32.8 Å². The molecule has 0 spiro atoms. The molecule has 6 nitrogen and oxygen atoms in total. The number of nitrogens with two attached hydrogens (primary N) is 1. The minimum atomic E-state index is -0.830. The third kappa shape index (κ3) is 2.41. The van der Waals surface area contributed by atoms with E-state index in [9.17, 15) is 15.2 Å². The van der Waals surface area contributed by atoms with Crippen LogP contribution in [0.5, 0.6) is 5.75 Å². The molecular formula is C9H11ClN2O4. The van der Waals surface area contributed by atoms with Crippen LogP contribution in [0.15, 0.2) is 12.1 Å². The molecule has 0 aliphatic heterocycles. The number of phenolic OH excluding ortho intramolecular Hbond substituents is 1. The zero-order valence-electron chi connectivity index (χ0n) is 8.26. The fourth-order valence-electron chi connectivity index (χ4n) is 1.38. The minimum absolute atomic E-state index is 0.00557. The largest absolute Gasteiger partial charge is 0.506 e. The van der Waals surface area contributed by atoms with E-state index in [0.717, 1.165) is 0 Å². The zero-order chi connectivity index (χ0) is 12.3. The van der Waals surface area contributed by atoms with Crippen molar-refractivity contribution in [1.29, 1.82) is 0 Å². The lowest BCUT2D eigenvalue weighted by atomic mass is 10.0. The Hall–Kier alpha value is -1.37. The van der Waals surface area contributed by atoms with E-state index in [-0.39, 0.29) is 29.3 Å². The van der Waals surface area contributed by atoms with Gasteiger partial charge in [0.1, 0.15) is 5.75 Å². The molecule has 0 bridgehead atoms. The molecule has 0 radical (unpaired) electrons. The van der Waals surface area contributed by atoms with Crippen molar-refractivity contribution in [2.45, 2.75) is 12.5 Å². The monoisotopic (exact) mass is 246 g/mol. The second kappa shape index (κ2) is 5.11. The molecule has 16 heavy (non-hydrogen) atoms. The summed E-state index contributed by atoms with van der Waals surface area (Å²) >= 11 is 5.64. The van der Waals surface area contributed by atoms with Crippen LogP contribution >= 0.6 is 11.6 Å². The van der Waals surface area contributed by atoms with E-state index in [0.29, 0.717) is 0 Å². The van der Waals surface area contributed by atoms with Gasteiger partial charge in [-0.25, -0.2) is 0 Å². The van der Waals surface area contributed by atoms with Crippen LogP contribution in [0, 0.1) is 10.1 Å². The summed E-state index contributed by atoms with van der Waals surface area (Å²) in [6.07, 6.45) is 0.106. The maximum absolute atomic E-state index is 10.7. The number of nitro benzene ring substituents is 1. The van der Waals surface area contributed by atoms with Gasteiger partial charge in [0.05, 0.1) is 15.5 Å². The molecule has 1 atom stereocenters. The predicted molar refractivity (Wildman–Crippen MR) is 58.4 cm³/mol. The van der Waals surface area contributed by atoms with Crippen molar-refractivity contribution in [3.8, 4) is 5.75 Å². The number of aliphatic hydroxyl groups excluding tert-OH is 1. The number of halogens is 1. The Morgan fingerprint density at radius 1 is 1.56 bits per heavy atom. The normalized spacial score (nSPS) is 12.4. The van der Waals surface area contributed by atoms with E-state index in [1.165, 1.54) is 12.1 Å². The van der Waals surface area contributed by atoms with Crippen molar-refractivity contribution >= 4 is 17.3 Å². The highest BCUT2D eigenvalue weighted by Gasteiger charge is 2.24. The first-order valence-electron chi connectivity index (χ1n) is 4.51. The van der Waals surface area contributed by atoms with Crippen molar-refractivity contribution in [3.63, 3.8) is 0 Å².